The highest BCUT2D eigenvalue weighted by Gasteiger charge is 2.09. The maximum Gasteiger partial charge on any atom is 0.280 e. The van der Waals surface area contributed by atoms with Crippen LogP contribution in [-0.4, -0.2) is 20.3 Å². The first kappa shape index (κ1) is 20.5. The van der Waals surface area contributed by atoms with Crippen molar-refractivity contribution in [2.45, 2.75) is 6.92 Å². The normalized spacial score (nSPS) is 11.2. The summed E-state index contributed by atoms with van der Waals surface area (Å²) in [6.07, 6.45) is 1.86. The zero-order valence-electron chi connectivity index (χ0n) is 13.3. The highest BCUT2D eigenvalue weighted by molar-refractivity contribution is 9.10. The molecule has 0 fully saturated rings. The minimum Gasteiger partial charge on any atom is -0.378 e. The zero-order chi connectivity index (χ0) is 18.3. The van der Waals surface area contributed by atoms with Crippen molar-refractivity contribution in [1.82, 2.24) is 0 Å². The van der Waals surface area contributed by atoms with Gasteiger partial charge in [-0.3, -0.25) is 0 Å². The van der Waals surface area contributed by atoms with Crippen molar-refractivity contribution in [2.24, 2.45) is 5.10 Å². The fraction of sp³-hybridized carbons (Fsp3) is 0.200. The largest absolute Gasteiger partial charge is 0.378 e. The first-order valence-electron chi connectivity index (χ1n) is 6.68. The van der Waals surface area contributed by atoms with Crippen LogP contribution in [0.2, 0.25) is 0 Å². The van der Waals surface area contributed by atoms with E-state index in [1.54, 1.807) is 0 Å². The van der Waals surface area contributed by atoms with Crippen molar-refractivity contribution < 1.29 is 33.6 Å². The molecule has 0 saturated carbocycles. The Morgan fingerprint density at radius 3 is 2.04 bits per heavy atom. The molecular formula is C15H17BrClN3O4. The van der Waals surface area contributed by atoms with E-state index in [1.807, 2.05) is 50.1 Å². The molecule has 1 heterocycles. The first-order valence-corrected chi connectivity index (χ1v) is 8.71. The predicted molar refractivity (Wildman–Crippen MR) is 82.8 cm³/mol. The molecule has 1 aromatic carbocycles. The van der Waals surface area contributed by atoms with Gasteiger partial charge < -0.3 is 4.90 Å². The summed E-state index contributed by atoms with van der Waals surface area (Å²) in [6, 6.07) is 14.3. The Morgan fingerprint density at radius 1 is 1.04 bits per heavy atom. The summed E-state index contributed by atoms with van der Waals surface area (Å²) >= 11 is 3.49. The van der Waals surface area contributed by atoms with Gasteiger partial charge in [-0.15, -0.1) is 10.2 Å². The maximum atomic E-state index is 8.49. The predicted octanol–water partition coefficient (Wildman–Crippen LogP) is -1.76. The van der Waals surface area contributed by atoms with Crippen LogP contribution in [0.5, 0.6) is 0 Å². The SMILES string of the molecule is Cc1cccc(Br)[n+]1/N=C/c1ccc(N(C)C)cc1.[O-][Cl+3]([O-])([O-])[O-]. The minimum atomic E-state index is -4.94. The lowest BCUT2D eigenvalue weighted by Gasteiger charge is -2.17. The number of benzene rings is 1. The summed E-state index contributed by atoms with van der Waals surface area (Å²) in [5.74, 6) is 0. The van der Waals surface area contributed by atoms with Gasteiger partial charge in [-0.1, -0.05) is 12.1 Å². The van der Waals surface area contributed by atoms with Crippen molar-refractivity contribution in [3.63, 3.8) is 0 Å². The van der Waals surface area contributed by atoms with Gasteiger partial charge in [0.05, 0.1) is 0 Å². The molecule has 0 unspecified atom stereocenters. The van der Waals surface area contributed by atoms with E-state index in [0.29, 0.717) is 0 Å². The summed E-state index contributed by atoms with van der Waals surface area (Å²) < 4.78 is 36.8. The van der Waals surface area contributed by atoms with Gasteiger partial charge in [0, 0.05) is 54.8 Å². The van der Waals surface area contributed by atoms with Gasteiger partial charge in [-0.25, -0.2) is 18.6 Å². The first-order chi connectivity index (χ1) is 11.1. The molecule has 0 N–H and O–H groups in total. The molecule has 0 bridgehead atoms. The summed E-state index contributed by atoms with van der Waals surface area (Å²) in [5, 5.41) is 4.48. The van der Waals surface area contributed by atoms with Crippen LogP contribution in [0.25, 0.3) is 0 Å². The van der Waals surface area contributed by atoms with Crippen LogP contribution >= 0.6 is 15.9 Å². The molecule has 0 radical (unpaired) electrons. The second-order valence-electron chi connectivity index (χ2n) is 4.91. The Kier molecular flexibility index (Phi) is 7.74. The molecule has 130 valence electrons. The fourth-order valence-electron chi connectivity index (χ4n) is 1.71. The average Bonchev–Trinajstić information content (AvgIpc) is 2.45. The Labute approximate surface area is 151 Å². The van der Waals surface area contributed by atoms with E-state index in [-0.39, 0.29) is 0 Å². The topological polar surface area (TPSA) is 112 Å². The van der Waals surface area contributed by atoms with Gasteiger partial charge in [0.15, 0.2) is 0 Å². The van der Waals surface area contributed by atoms with E-state index in [9.17, 15) is 0 Å². The lowest BCUT2D eigenvalue weighted by Crippen LogP contribution is -2.68. The lowest BCUT2D eigenvalue weighted by molar-refractivity contribution is -2.00. The van der Waals surface area contributed by atoms with E-state index in [0.717, 1.165) is 15.9 Å². The van der Waals surface area contributed by atoms with E-state index in [1.165, 1.54) is 5.69 Å². The molecule has 0 aliphatic rings. The third-order valence-electron chi connectivity index (χ3n) is 2.84. The molecule has 0 amide bonds. The van der Waals surface area contributed by atoms with Gasteiger partial charge in [0.2, 0.25) is 5.69 Å². The molecule has 24 heavy (non-hydrogen) atoms. The van der Waals surface area contributed by atoms with Gasteiger partial charge in [0.25, 0.3) is 4.60 Å². The number of hydrogen-bond donors (Lipinski definition) is 0. The Hall–Kier alpha value is -1.55. The maximum absolute atomic E-state index is 8.49. The number of rotatable bonds is 3. The highest BCUT2D eigenvalue weighted by atomic mass is 79.9. The molecule has 0 saturated heterocycles. The number of halogens is 2. The standard InChI is InChI=1S/C15H17BrN3.ClHO4/c1-12-5-4-6-15(16)19(12)17-11-13-7-9-14(10-8-13)18(2)3;2-1(3,4)5/h4-11H,1-3H3;(H,2,3,4,5)/q+1;/p-1/b17-11+;. The van der Waals surface area contributed by atoms with Crippen LogP contribution in [0.4, 0.5) is 5.69 Å². The van der Waals surface area contributed by atoms with Crippen LogP contribution in [-0.2, 0) is 0 Å². The number of aryl methyl sites for hydroxylation is 1. The van der Waals surface area contributed by atoms with Crippen molar-refractivity contribution >= 4 is 27.8 Å². The number of pyridine rings is 1. The monoisotopic (exact) mass is 417 g/mol. The van der Waals surface area contributed by atoms with Crippen molar-refractivity contribution in [1.29, 1.82) is 0 Å². The lowest BCUT2D eigenvalue weighted by atomic mass is 10.2. The molecule has 1 aromatic heterocycles. The van der Waals surface area contributed by atoms with Gasteiger partial charge in [0.1, 0.15) is 6.21 Å². The smallest absolute Gasteiger partial charge is 0.280 e. The number of hydrogen-bond acceptors (Lipinski definition) is 6. The van der Waals surface area contributed by atoms with E-state index in [4.69, 9.17) is 18.6 Å². The third-order valence-corrected chi connectivity index (χ3v) is 3.44. The number of aromatic nitrogens is 1. The second kappa shape index (κ2) is 9.07. The van der Waals surface area contributed by atoms with E-state index < -0.39 is 10.2 Å². The minimum absolute atomic E-state index is 0.939. The molecule has 0 atom stereocenters. The average molecular weight is 419 g/mol. The molecule has 2 rings (SSSR count). The van der Waals surface area contributed by atoms with Crippen molar-refractivity contribution in [2.75, 3.05) is 19.0 Å². The summed E-state index contributed by atoms with van der Waals surface area (Å²) in [6.45, 7) is 2.03. The quantitative estimate of drug-likeness (QED) is 0.333. The molecule has 9 heteroatoms. The van der Waals surface area contributed by atoms with Crippen molar-refractivity contribution in [3.05, 3.63) is 58.3 Å². The van der Waals surface area contributed by atoms with Gasteiger partial charge in [-0.2, -0.15) is 0 Å². The Balaban J connectivity index is 0.000000505. The number of nitrogens with zero attached hydrogens (tertiary/aromatic N) is 3. The van der Waals surface area contributed by atoms with Gasteiger partial charge >= 0.3 is 0 Å². The Bertz CT molecular complexity index is 662. The van der Waals surface area contributed by atoms with E-state index >= 15 is 0 Å². The van der Waals surface area contributed by atoms with Gasteiger partial charge in [-0.05, 0) is 33.5 Å². The fourth-order valence-corrected chi connectivity index (χ4v) is 2.23. The molecule has 2 aromatic rings. The molecule has 0 spiro atoms. The number of anilines is 1. The summed E-state index contributed by atoms with van der Waals surface area (Å²) in [7, 11) is -0.882. The van der Waals surface area contributed by atoms with E-state index in [2.05, 4.69) is 50.2 Å². The second-order valence-corrected chi connectivity index (χ2v) is 6.48. The summed E-state index contributed by atoms with van der Waals surface area (Å²) in [4.78, 5) is 2.08. The molecule has 0 aliphatic carbocycles. The van der Waals surface area contributed by atoms with Crippen LogP contribution in [0.3, 0.4) is 0 Å². The molecule has 0 aliphatic heterocycles. The highest BCUT2D eigenvalue weighted by Crippen LogP contribution is 2.11. The zero-order valence-corrected chi connectivity index (χ0v) is 15.7. The van der Waals surface area contributed by atoms with Crippen LogP contribution in [0.1, 0.15) is 11.3 Å². The van der Waals surface area contributed by atoms with Crippen LogP contribution < -0.4 is 28.2 Å². The van der Waals surface area contributed by atoms with Crippen LogP contribution in [0.15, 0.2) is 52.2 Å². The molecule has 7 nitrogen and oxygen atoms in total. The molecular weight excluding hydrogens is 402 g/mol. The Morgan fingerprint density at radius 2 is 1.58 bits per heavy atom. The van der Waals surface area contributed by atoms with Crippen molar-refractivity contribution in [3.8, 4) is 0 Å². The third kappa shape index (κ3) is 7.82. The summed E-state index contributed by atoms with van der Waals surface area (Å²) in [5.41, 5.74) is 3.34. The van der Waals surface area contributed by atoms with Crippen LogP contribution in [0, 0.1) is 17.2 Å².